The molecule has 1 atom stereocenters. The Morgan fingerprint density at radius 1 is 1.36 bits per heavy atom. The van der Waals surface area contributed by atoms with Crippen molar-refractivity contribution in [1.82, 2.24) is 20.4 Å². The van der Waals surface area contributed by atoms with E-state index in [0.717, 1.165) is 9.80 Å². The van der Waals surface area contributed by atoms with Crippen molar-refractivity contribution in [2.24, 2.45) is 0 Å². The van der Waals surface area contributed by atoms with E-state index in [1.54, 1.807) is 0 Å². The average molecular weight is 200 g/mol. The quantitative estimate of drug-likeness (QED) is 0.520. The zero-order valence-electron chi connectivity index (χ0n) is 8.20. The molecule has 78 valence electrons. The summed E-state index contributed by atoms with van der Waals surface area (Å²) < 4.78 is 0. The van der Waals surface area contributed by atoms with Gasteiger partial charge in [-0.15, -0.1) is 0 Å². The fourth-order valence-corrected chi connectivity index (χ4v) is 1.15. The summed E-state index contributed by atoms with van der Waals surface area (Å²) >= 11 is 0. The molecule has 0 aromatic rings. The molecule has 0 aromatic carbocycles. The number of rotatable bonds is 1. The van der Waals surface area contributed by atoms with Crippen LogP contribution in [0.1, 0.15) is 0 Å². The molecule has 0 saturated carbocycles. The highest BCUT2D eigenvalue weighted by molar-refractivity contribution is 6.04. The summed E-state index contributed by atoms with van der Waals surface area (Å²) in [5, 5.41) is 4.66. The van der Waals surface area contributed by atoms with E-state index in [9.17, 15) is 14.4 Å². The van der Waals surface area contributed by atoms with Gasteiger partial charge in [0.05, 0.1) is 0 Å². The van der Waals surface area contributed by atoms with Crippen LogP contribution in [0.5, 0.6) is 0 Å². The Morgan fingerprint density at radius 2 is 1.93 bits per heavy atom. The normalized spacial score (nSPS) is 21.5. The third kappa shape index (κ3) is 1.48. The largest absolute Gasteiger partial charge is 0.341 e. The van der Waals surface area contributed by atoms with Gasteiger partial charge in [-0.1, -0.05) is 0 Å². The number of nitrogens with one attached hydrogen (secondary N) is 2. The van der Waals surface area contributed by atoms with Gasteiger partial charge in [0.25, 0.3) is 5.91 Å². The highest BCUT2D eigenvalue weighted by Crippen LogP contribution is 2.10. The minimum atomic E-state index is -0.910. The molecule has 2 N–H and O–H groups in total. The summed E-state index contributed by atoms with van der Waals surface area (Å²) in [7, 11) is 4.25. The maximum Gasteiger partial charge on any atom is 0.328 e. The van der Waals surface area contributed by atoms with E-state index in [1.165, 1.54) is 21.1 Å². The van der Waals surface area contributed by atoms with Crippen molar-refractivity contribution in [2.75, 3.05) is 21.1 Å². The molecule has 0 aromatic heterocycles. The summed E-state index contributed by atoms with van der Waals surface area (Å²) in [6.45, 7) is 0. The van der Waals surface area contributed by atoms with E-state index < -0.39 is 24.1 Å². The SMILES string of the molecule is CNC(=O)NC1C(=O)N(C)C(=O)N1C. The van der Waals surface area contributed by atoms with Crippen molar-refractivity contribution in [3.63, 3.8) is 0 Å². The first-order valence-electron chi connectivity index (χ1n) is 4.01. The molecule has 0 spiro atoms. The molecule has 0 bridgehead atoms. The second-order valence-corrected chi connectivity index (χ2v) is 2.92. The lowest BCUT2D eigenvalue weighted by Gasteiger charge is -2.16. The maximum absolute atomic E-state index is 11.4. The Balaban J connectivity index is 2.75. The molecule has 0 radical (unpaired) electrons. The molecular weight excluding hydrogens is 188 g/mol. The molecule has 1 saturated heterocycles. The molecule has 7 nitrogen and oxygen atoms in total. The van der Waals surface area contributed by atoms with Gasteiger partial charge in [0.1, 0.15) is 0 Å². The Kier molecular flexibility index (Phi) is 2.59. The smallest absolute Gasteiger partial charge is 0.328 e. The number of carbonyl (C=O) groups excluding carboxylic acids is 3. The number of urea groups is 2. The molecule has 1 rings (SSSR count). The molecule has 1 heterocycles. The lowest BCUT2D eigenvalue weighted by Crippen LogP contribution is -2.50. The van der Waals surface area contributed by atoms with Crippen molar-refractivity contribution >= 4 is 18.0 Å². The van der Waals surface area contributed by atoms with Gasteiger partial charge in [-0.25, -0.2) is 9.59 Å². The topological polar surface area (TPSA) is 81.8 Å². The van der Waals surface area contributed by atoms with E-state index in [1.807, 2.05) is 0 Å². The zero-order valence-corrected chi connectivity index (χ0v) is 8.20. The van der Waals surface area contributed by atoms with Crippen molar-refractivity contribution in [3.05, 3.63) is 0 Å². The highest BCUT2D eigenvalue weighted by Gasteiger charge is 2.41. The number of imide groups is 1. The van der Waals surface area contributed by atoms with Gasteiger partial charge in [0.15, 0.2) is 6.17 Å². The van der Waals surface area contributed by atoms with Crippen LogP contribution >= 0.6 is 0 Å². The van der Waals surface area contributed by atoms with Gasteiger partial charge in [0, 0.05) is 21.1 Å². The van der Waals surface area contributed by atoms with Gasteiger partial charge < -0.3 is 10.6 Å². The first-order valence-corrected chi connectivity index (χ1v) is 4.01. The summed E-state index contributed by atoms with van der Waals surface area (Å²) in [6.07, 6.45) is -0.910. The number of hydrogen-bond acceptors (Lipinski definition) is 3. The van der Waals surface area contributed by atoms with Gasteiger partial charge >= 0.3 is 12.1 Å². The number of carbonyl (C=O) groups is 3. The highest BCUT2D eigenvalue weighted by atomic mass is 16.2. The molecule has 1 aliphatic rings. The van der Waals surface area contributed by atoms with Gasteiger partial charge in [-0.2, -0.15) is 0 Å². The average Bonchev–Trinajstić information content (AvgIpc) is 2.35. The number of amides is 5. The number of nitrogens with zero attached hydrogens (tertiary/aromatic N) is 2. The van der Waals surface area contributed by atoms with Crippen LogP contribution in [0.4, 0.5) is 9.59 Å². The third-order valence-electron chi connectivity index (χ3n) is 2.04. The van der Waals surface area contributed by atoms with Gasteiger partial charge in [-0.05, 0) is 0 Å². The maximum atomic E-state index is 11.4. The van der Waals surface area contributed by atoms with Gasteiger partial charge in [-0.3, -0.25) is 14.6 Å². The van der Waals surface area contributed by atoms with Crippen LogP contribution in [0.2, 0.25) is 0 Å². The molecule has 1 unspecified atom stereocenters. The fraction of sp³-hybridized carbons (Fsp3) is 0.571. The Morgan fingerprint density at radius 3 is 2.29 bits per heavy atom. The predicted octanol–water partition coefficient (Wildman–Crippen LogP) is -1.23. The van der Waals surface area contributed by atoms with E-state index in [2.05, 4.69) is 10.6 Å². The van der Waals surface area contributed by atoms with Crippen molar-refractivity contribution in [3.8, 4) is 0 Å². The minimum Gasteiger partial charge on any atom is -0.341 e. The molecule has 0 aliphatic carbocycles. The summed E-state index contributed by atoms with van der Waals surface area (Å²) in [5.41, 5.74) is 0. The second-order valence-electron chi connectivity index (χ2n) is 2.92. The first-order chi connectivity index (χ1) is 6.49. The lowest BCUT2D eigenvalue weighted by atomic mass is 10.4. The number of likely N-dealkylation sites (N-methyl/N-ethyl adjacent to an activating group) is 2. The van der Waals surface area contributed by atoms with E-state index >= 15 is 0 Å². The zero-order chi connectivity index (χ0) is 10.9. The fourth-order valence-electron chi connectivity index (χ4n) is 1.15. The monoisotopic (exact) mass is 200 g/mol. The van der Waals surface area contributed by atoms with E-state index in [4.69, 9.17) is 0 Å². The standard InChI is InChI=1S/C7H12N4O3/c1-8-6(13)9-4-5(12)11(3)7(14)10(4)2/h4H,1-3H3,(H2,8,9,13). The Bertz CT molecular complexity index is 291. The summed E-state index contributed by atoms with van der Waals surface area (Å²) in [6, 6.07) is -0.935. The molecule has 1 fully saturated rings. The number of hydrogen-bond donors (Lipinski definition) is 2. The molecule has 1 aliphatic heterocycles. The van der Waals surface area contributed by atoms with Crippen LogP contribution in [0.3, 0.4) is 0 Å². The Labute approximate surface area is 81.0 Å². The predicted molar refractivity (Wildman–Crippen MR) is 47.3 cm³/mol. The first kappa shape index (κ1) is 10.3. The summed E-state index contributed by atoms with van der Waals surface area (Å²) in [5.74, 6) is -0.443. The van der Waals surface area contributed by atoms with Crippen molar-refractivity contribution in [2.45, 2.75) is 6.17 Å². The van der Waals surface area contributed by atoms with Gasteiger partial charge in [0.2, 0.25) is 0 Å². The third-order valence-corrected chi connectivity index (χ3v) is 2.04. The van der Waals surface area contributed by atoms with Crippen molar-refractivity contribution in [1.29, 1.82) is 0 Å². The van der Waals surface area contributed by atoms with Crippen LogP contribution < -0.4 is 10.6 Å². The van der Waals surface area contributed by atoms with Crippen LogP contribution in [-0.2, 0) is 4.79 Å². The molecular formula is C7H12N4O3. The van der Waals surface area contributed by atoms with E-state index in [0.29, 0.717) is 0 Å². The van der Waals surface area contributed by atoms with Crippen molar-refractivity contribution < 1.29 is 14.4 Å². The second kappa shape index (κ2) is 3.52. The summed E-state index contributed by atoms with van der Waals surface area (Å²) in [4.78, 5) is 35.7. The molecule has 5 amide bonds. The van der Waals surface area contributed by atoms with Crippen LogP contribution in [0.15, 0.2) is 0 Å². The molecule has 14 heavy (non-hydrogen) atoms. The van der Waals surface area contributed by atoms with Crippen LogP contribution in [0, 0.1) is 0 Å². The van der Waals surface area contributed by atoms with E-state index in [-0.39, 0.29) is 0 Å². The molecule has 7 heteroatoms. The minimum absolute atomic E-state index is 0.434. The van der Waals surface area contributed by atoms with Crippen LogP contribution in [-0.4, -0.2) is 55.1 Å². The Hall–Kier alpha value is -1.79. The lowest BCUT2D eigenvalue weighted by molar-refractivity contribution is -0.127. The van der Waals surface area contributed by atoms with Crippen LogP contribution in [0.25, 0.3) is 0 Å².